The third kappa shape index (κ3) is 4.46. The lowest BCUT2D eigenvalue weighted by Gasteiger charge is -2.14. The zero-order chi connectivity index (χ0) is 26.0. The van der Waals surface area contributed by atoms with Crippen LogP contribution in [0.15, 0.2) is 162 Å². The third-order valence-corrected chi connectivity index (χ3v) is 9.01. The summed E-state index contributed by atoms with van der Waals surface area (Å²) in [6, 6.07) is 55.7. The molecule has 0 aliphatic carbocycles. The zero-order valence-electron chi connectivity index (χ0n) is 21.3. The summed E-state index contributed by atoms with van der Waals surface area (Å²) >= 11 is 0. The topological polar surface area (TPSA) is 18.1 Å². The minimum absolute atomic E-state index is 0.909. The van der Waals surface area contributed by atoms with Gasteiger partial charge in [0.15, 0.2) is 7.93 Å². The van der Waals surface area contributed by atoms with E-state index in [1.165, 1.54) is 27.6 Å². The smallest absolute Gasteiger partial charge is 0.158 e. The fraction of sp³-hybridized carbons (Fsp3) is 0. The van der Waals surface area contributed by atoms with Gasteiger partial charge in [-0.1, -0.05) is 121 Å². The van der Waals surface area contributed by atoms with Crippen LogP contribution in [0.4, 0.5) is 0 Å². The summed E-state index contributed by atoms with van der Waals surface area (Å²) in [6.07, 6.45) is 0. The van der Waals surface area contributed by atoms with E-state index >= 15 is 0 Å². The number of hydrogen-bond donors (Lipinski definition) is 0. The molecule has 7 aromatic rings. The maximum absolute atomic E-state index is 6.94. The van der Waals surface area contributed by atoms with Crippen LogP contribution in [0.3, 0.4) is 0 Å². The van der Waals surface area contributed by atoms with Crippen LogP contribution in [0.25, 0.3) is 55.1 Å². The van der Waals surface area contributed by atoms with E-state index in [9.17, 15) is 0 Å². The van der Waals surface area contributed by atoms with Gasteiger partial charge in [-0.15, -0.1) is 0 Å². The van der Waals surface area contributed by atoms with E-state index in [2.05, 4.69) is 162 Å². The zero-order valence-corrected chi connectivity index (χ0v) is 22.2. The molecule has 0 spiro atoms. The standard InChI is InChI=1S/C36H26NOP/c1-3-11-27(12-4-1)29-19-23-31(24-20-29)37-35-17-9-7-15-33(35)34-16-8-10-18-36(34)38-39(37)32-25-21-30(22-26-32)28-13-5-2-6-14-28/h1-26H. The first-order valence-corrected chi connectivity index (χ1v) is 14.3. The highest BCUT2D eigenvalue weighted by Gasteiger charge is 2.14. The molecule has 7 rings (SSSR count). The summed E-state index contributed by atoms with van der Waals surface area (Å²) in [5.74, 6) is 0. The highest BCUT2D eigenvalue weighted by Crippen LogP contribution is 2.45. The second-order valence-corrected chi connectivity index (χ2v) is 11.2. The lowest BCUT2D eigenvalue weighted by molar-refractivity contribution is 0.734. The van der Waals surface area contributed by atoms with Gasteiger partial charge in [-0.3, -0.25) is 4.33 Å². The molecule has 39 heavy (non-hydrogen) atoms. The summed E-state index contributed by atoms with van der Waals surface area (Å²) in [5.41, 5.74) is 7.98. The maximum atomic E-state index is 6.94. The Balaban J connectivity index is 1.49. The first kappa shape index (κ1) is 23.3. The van der Waals surface area contributed by atoms with Crippen LogP contribution in [-0.4, -0.2) is 4.33 Å². The van der Waals surface area contributed by atoms with Crippen LogP contribution in [0.5, 0.6) is 0 Å². The average Bonchev–Trinajstić information content (AvgIpc) is 3.17. The highest BCUT2D eigenvalue weighted by atomic mass is 31.1. The van der Waals surface area contributed by atoms with Crippen LogP contribution >= 0.6 is 7.93 Å². The Morgan fingerprint density at radius 2 is 0.897 bits per heavy atom. The van der Waals surface area contributed by atoms with Crippen molar-refractivity contribution in [1.29, 1.82) is 0 Å². The molecule has 0 N–H and O–H groups in total. The normalized spacial score (nSPS) is 11.5. The maximum Gasteiger partial charge on any atom is 0.158 e. The van der Waals surface area contributed by atoms with E-state index in [0.717, 1.165) is 27.5 Å². The van der Waals surface area contributed by atoms with Crippen LogP contribution in [0.2, 0.25) is 0 Å². The Labute approximate surface area is 229 Å². The number of benzene rings is 6. The van der Waals surface area contributed by atoms with Crippen molar-refractivity contribution in [3.63, 3.8) is 0 Å². The Hall–Kier alpha value is -4.78. The third-order valence-electron chi connectivity index (χ3n) is 7.09. The summed E-state index contributed by atoms with van der Waals surface area (Å²) in [4.78, 5) is 0. The molecule has 2 nitrogen and oxygen atoms in total. The molecule has 0 aliphatic heterocycles. The van der Waals surface area contributed by atoms with Gasteiger partial charge in [0, 0.05) is 16.1 Å². The number of hydrogen-bond acceptors (Lipinski definition) is 1. The summed E-state index contributed by atoms with van der Waals surface area (Å²) in [5, 5.41) is 3.44. The van der Waals surface area contributed by atoms with E-state index in [4.69, 9.17) is 4.20 Å². The van der Waals surface area contributed by atoms with E-state index in [1.54, 1.807) is 0 Å². The van der Waals surface area contributed by atoms with Crippen molar-refractivity contribution in [3.8, 4) is 33.2 Å². The number of fused-ring (bicyclic) bond motifs is 3. The monoisotopic (exact) mass is 519 g/mol. The lowest BCUT2D eigenvalue weighted by atomic mass is 10.1. The molecule has 1 unspecified atom stereocenters. The van der Waals surface area contributed by atoms with Crippen LogP contribution in [0, 0.1) is 0 Å². The van der Waals surface area contributed by atoms with Crippen molar-refractivity contribution in [2.75, 3.05) is 0 Å². The number of rotatable bonds is 4. The number of para-hydroxylation sites is 2. The van der Waals surface area contributed by atoms with Crippen LogP contribution < -0.4 is 0 Å². The van der Waals surface area contributed by atoms with E-state index in [1.807, 2.05) is 0 Å². The van der Waals surface area contributed by atoms with Gasteiger partial charge in [0.05, 0.1) is 11.2 Å². The van der Waals surface area contributed by atoms with E-state index in [-0.39, 0.29) is 0 Å². The molecular weight excluding hydrogens is 493 g/mol. The molecule has 0 amide bonds. The molecule has 0 saturated carbocycles. The quantitative estimate of drug-likeness (QED) is 0.226. The van der Waals surface area contributed by atoms with Gasteiger partial charge in [0.25, 0.3) is 0 Å². The highest BCUT2D eigenvalue weighted by molar-refractivity contribution is 7.48. The molecular formula is C36H26NOP. The van der Waals surface area contributed by atoms with E-state index in [0.29, 0.717) is 0 Å². The van der Waals surface area contributed by atoms with E-state index < -0.39 is 7.93 Å². The Morgan fingerprint density at radius 1 is 0.410 bits per heavy atom. The van der Waals surface area contributed by atoms with Crippen LogP contribution in [-0.2, 0) is 0 Å². The first-order valence-electron chi connectivity index (χ1n) is 13.1. The minimum Gasteiger partial charge on any atom is -0.429 e. The van der Waals surface area contributed by atoms with Gasteiger partial charge in [-0.25, -0.2) is 0 Å². The Morgan fingerprint density at radius 3 is 1.54 bits per heavy atom. The van der Waals surface area contributed by atoms with Gasteiger partial charge in [0.1, 0.15) is 5.58 Å². The molecule has 0 saturated heterocycles. The van der Waals surface area contributed by atoms with Gasteiger partial charge >= 0.3 is 0 Å². The fourth-order valence-corrected chi connectivity index (χ4v) is 7.02. The molecule has 1 heterocycles. The van der Waals surface area contributed by atoms with Crippen molar-refractivity contribution in [2.24, 2.45) is 0 Å². The van der Waals surface area contributed by atoms with Crippen molar-refractivity contribution < 1.29 is 4.20 Å². The predicted octanol–water partition coefficient (Wildman–Crippen LogP) is 10.8. The first-order chi connectivity index (χ1) is 19.3. The minimum atomic E-state index is -1.22. The molecule has 1 aromatic heterocycles. The molecule has 0 bridgehead atoms. The van der Waals surface area contributed by atoms with Gasteiger partial charge < -0.3 is 4.20 Å². The molecule has 186 valence electrons. The molecule has 6 aromatic carbocycles. The van der Waals surface area contributed by atoms with Crippen molar-refractivity contribution in [1.82, 2.24) is 4.33 Å². The van der Waals surface area contributed by atoms with Gasteiger partial charge in [-0.05, 0) is 58.7 Å². The number of nitrogens with zero attached hydrogens (tertiary/aromatic N) is 1. The Bertz CT molecular complexity index is 1930. The molecule has 0 aliphatic rings. The van der Waals surface area contributed by atoms with Crippen molar-refractivity contribution in [3.05, 3.63) is 158 Å². The lowest BCUT2D eigenvalue weighted by Crippen LogP contribution is -1.94. The second-order valence-electron chi connectivity index (χ2n) is 9.52. The second kappa shape index (κ2) is 10.2. The van der Waals surface area contributed by atoms with Crippen molar-refractivity contribution in [2.45, 2.75) is 0 Å². The van der Waals surface area contributed by atoms with Gasteiger partial charge in [0.2, 0.25) is 0 Å². The molecule has 0 fully saturated rings. The summed E-state index contributed by atoms with van der Waals surface area (Å²) in [6.45, 7) is 0. The fourth-order valence-electron chi connectivity index (χ4n) is 5.14. The SMILES string of the molecule is c1ccc(-c2ccc(-n3c4ccccc4c4ccccc4op3-c3ccc(-c4ccccc4)cc3)cc2)cc1. The Kier molecular flexibility index (Phi) is 6.09. The molecule has 3 heteroatoms. The number of aromatic nitrogens is 1. The predicted molar refractivity (Wildman–Crippen MR) is 166 cm³/mol. The van der Waals surface area contributed by atoms with Crippen LogP contribution in [0.1, 0.15) is 0 Å². The van der Waals surface area contributed by atoms with Gasteiger partial charge in [-0.2, -0.15) is 0 Å². The summed E-state index contributed by atoms with van der Waals surface area (Å²) in [7, 11) is -1.22. The summed E-state index contributed by atoms with van der Waals surface area (Å²) < 4.78 is 9.33. The van der Waals surface area contributed by atoms with Crippen molar-refractivity contribution >= 4 is 29.8 Å². The molecule has 1 atom stereocenters. The average molecular weight is 520 g/mol. The largest absolute Gasteiger partial charge is 0.429 e. The molecule has 0 radical (unpaired) electrons.